The molecule has 7 atom stereocenters. The minimum atomic E-state index is -2.07. The number of carbonyl (C=O) groups excluding carboxylic acids is 1. The van der Waals surface area contributed by atoms with Crippen LogP contribution in [-0.4, -0.2) is 112 Å². The Morgan fingerprint density at radius 3 is 1.65 bits per heavy atom. The van der Waals surface area contributed by atoms with Gasteiger partial charge in [0.15, 0.2) is 8.32 Å². The van der Waals surface area contributed by atoms with Crippen molar-refractivity contribution in [2.24, 2.45) is 0 Å². The molecule has 0 aliphatic carbocycles. The number of rotatable bonds is 46. The number of benzene rings is 1. The Hall–Kier alpha value is -1.49. The first kappa shape index (κ1) is 63.6. The van der Waals surface area contributed by atoms with Gasteiger partial charge < -0.3 is 51.8 Å². The monoisotopic (exact) mass is 997 g/mol. The highest BCUT2D eigenvalue weighted by molar-refractivity contribution is 6.74. The number of carbonyl (C=O) groups is 1. The number of methoxy groups -OCH3 is 3. The summed E-state index contributed by atoms with van der Waals surface area (Å²) in [6, 6.07) is 10.2. The number of esters is 1. The maximum atomic E-state index is 11.7. The van der Waals surface area contributed by atoms with Crippen LogP contribution in [0.25, 0.3) is 0 Å². The van der Waals surface area contributed by atoms with Crippen LogP contribution in [-0.2, 0) is 63.2 Å². The highest BCUT2D eigenvalue weighted by Crippen LogP contribution is 2.39. The highest BCUT2D eigenvalue weighted by Gasteiger charge is 2.40. The van der Waals surface area contributed by atoms with Gasteiger partial charge in [-0.05, 0) is 88.4 Å². The first-order chi connectivity index (χ1) is 33.4. The van der Waals surface area contributed by atoms with Crippen LogP contribution in [0.2, 0.25) is 18.1 Å². The fraction of sp³-hybridized carbons (Fsp3) is 0.875. The first-order valence-electron chi connectivity index (χ1n) is 27.4. The van der Waals surface area contributed by atoms with Crippen molar-refractivity contribution in [3.05, 3.63) is 35.9 Å². The number of hydrogen-bond acceptors (Lipinski definition) is 12. The molecule has 1 saturated heterocycles. The fourth-order valence-corrected chi connectivity index (χ4v) is 10.4. The molecule has 0 radical (unpaired) electrons. The van der Waals surface area contributed by atoms with Gasteiger partial charge in [0.25, 0.3) is 0 Å². The minimum absolute atomic E-state index is 0.0198. The van der Waals surface area contributed by atoms with Crippen molar-refractivity contribution in [2.45, 2.75) is 263 Å². The predicted molar refractivity (Wildman–Crippen MR) is 280 cm³/mol. The molecule has 0 unspecified atom stereocenters. The Balaban J connectivity index is 2.18. The molecule has 69 heavy (non-hydrogen) atoms. The van der Waals surface area contributed by atoms with Crippen LogP contribution >= 0.6 is 0 Å². The van der Waals surface area contributed by atoms with Gasteiger partial charge in [-0.2, -0.15) is 0 Å². The topological polar surface area (TPSA) is 119 Å². The van der Waals surface area contributed by atoms with Crippen LogP contribution < -0.4 is 0 Å². The maximum Gasteiger partial charge on any atom is 0.305 e. The van der Waals surface area contributed by atoms with E-state index in [0.29, 0.717) is 32.5 Å². The summed E-state index contributed by atoms with van der Waals surface area (Å²) < 4.78 is 67.5. The van der Waals surface area contributed by atoms with Crippen molar-refractivity contribution in [3.8, 4) is 0 Å². The lowest BCUT2D eigenvalue weighted by Gasteiger charge is -2.40. The molecule has 1 aliphatic rings. The lowest BCUT2D eigenvalue weighted by Crippen LogP contribution is -2.44. The summed E-state index contributed by atoms with van der Waals surface area (Å²) >= 11 is 0. The molecule has 0 spiro atoms. The van der Waals surface area contributed by atoms with Crippen molar-refractivity contribution in [3.63, 3.8) is 0 Å². The molecule has 12 nitrogen and oxygen atoms in total. The van der Waals surface area contributed by atoms with E-state index in [4.69, 9.17) is 51.8 Å². The summed E-state index contributed by atoms with van der Waals surface area (Å²) in [4.78, 5) is 11.7. The third-order valence-corrected chi connectivity index (χ3v) is 18.6. The summed E-state index contributed by atoms with van der Waals surface area (Å²) in [6.45, 7) is 17.4. The van der Waals surface area contributed by atoms with Crippen molar-refractivity contribution in [1.82, 2.24) is 0 Å². The van der Waals surface area contributed by atoms with E-state index in [9.17, 15) is 4.79 Å². The Morgan fingerprint density at radius 1 is 0.609 bits per heavy atom. The van der Waals surface area contributed by atoms with Crippen LogP contribution in [0.3, 0.4) is 0 Å². The Bertz CT molecular complexity index is 1330. The molecule has 13 heteroatoms. The second-order valence-electron chi connectivity index (χ2n) is 20.9. The molecule has 0 bridgehead atoms. The molecule has 2 rings (SSSR count). The van der Waals surface area contributed by atoms with E-state index in [1.165, 1.54) is 70.6 Å². The van der Waals surface area contributed by atoms with E-state index in [0.717, 1.165) is 76.2 Å². The van der Waals surface area contributed by atoms with Gasteiger partial charge >= 0.3 is 5.97 Å². The zero-order valence-corrected chi connectivity index (χ0v) is 46.7. The molecule has 404 valence electrons. The zero-order chi connectivity index (χ0) is 50.4. The Morgan fingerprint density at radius 2 is 1.10 bits per heavy atom. The number of unbranched alkanes of at least 4 members (excludes halogenated alkanes) is 14. The predicted octanol–water partition coefficient (Wildman–Crippen LogP) is 14.0. The molecule has 1 heterocycles. The second-order valence-corrected chi connectivity index (χ2v) is 25.6. The molecule has 0 amide bonds. The fourth-order valence-electron chi connectivity index (χ4n) is 9.03. The van der Waals surface area contributed by atoms with Gasteiger partial charge in [0.2, 0.25) is 0 Å². The van der Waals surface area contributed by atoms with Crippen molar-refractivity contribution >= 4 is 14.3 Å². The van der Waals surface area contributed by atoms with Crippen LogP contribution in [0.4, 0.5) is 0 Å². The molecule has 0 aromatic heterocycles. The molecule has 1 aromatic rings. The molecule has 1 fully saturated rings. The Kier molecular flexibility index (Phi) is 36.8. The van der Waals surface area contributed by atoms with E-state index >= 15 is 0 Å². The van der Waals surface area contributed by atoms with E-state index in [-0.39, 0.29) is 80.9 Å². The van der Waals surface area contributed by atoms with Crippen LogP contribution in [0.15, 0.2) is 30.3 Å². The van der Waals surface area contributed by atoms with Gasteiger partial charge in [-0.25, -0.2) is 0 Å². The summed E-state index contributed by atoms with van der Waals surface area (Å²) in [5, 5.41) is 0.0891. The third-order valence-electron chi connectivity index (χ3n) is 14.1. The van der Waals surface area contributed by atoms with Crippen molar-refractivity contribution in [1.29, 1.82) is 0 Å². The lowest BCUT2D eigenvalue weighted by atomic mass is 9.96. The normalized spacial score (nSPS) is 17.8. The van der Waals surface area contributed by atoms with Crippen LogP contribution in [0.1, 0.15) is 201 Å². The molecule has 0 N–H and O–H groups in total. The molecular formula is C56H104O12Si. The minimum Gasteiger partial charge on any atom is -0.466 e. The van der Waals surface area contributed by atoms with Gasteiger partial charge in [-0.3, -0.25) is 4.79 Å². The van der Waals surface area contributed by atoms with Gasteiger partial charge in [0, 0.05) is 33.9 Å². The zero-order valence-electron chi connectivity index (χ0n) is 45.7. The van der Waals surface area contributed by atoms with Crippen LogP contribution in [0, 0.1) is 0 Å². The number of ether oxygens (including phenoxy) is 10. The van der Waals surface area contributed by atoms with Gasteiger partial charge in [-0.1, -0.05) is 154 Å². The van der Waals surface area contributed by atoms with Gasteiger partial charge in [0.1, 0.15) is 27.2 Å². The van der Waals surface area contributed by atoms with Gasteiger partial charge in [-0.15, -0.1) is 0 Å². The summed E-state index contributed by atoms with van der Waals surface area (Å²) in [7, 11) is 2.94. The van der Waals surface area contributed by atoms with E-state index < -0.39 is 8.32 Å². The first-order valence-corrected chi connectivity index (χ1v) is 30.3. The third kappa shape index (κ3) is 29.7. The lowest BCUT2D eigenvalue weighted by molar-refractivity contribution is -0.179. The summed E-state index contributed by atoms with van der Waals surface area (Å²) in [5.41, 5.74) is 1.10. The Labute approximate surface area is 423 Å². The summed E-state index contributed by atoms with van der Waals surface area (Å²) in [5.74, 6) is -0.0776. The number of hydrogen-bond donors (Lipinski definition) is 0. The van der Waals surface area contributed by atoms with E-state index in [2.05, 4.69) is 52.9 Å². The van der Waals surface area contributed by atoms with Crippen LogP contribution in [0.5, 0.6) is 0 Å². The molecule has 1 aliphatic heterocycles. The van der Waals surface area contributed by atoms with Gasteiger partial charge in [0.05, 0.1) is 49.8 Å². The average Bonchev–Trinajstić information content (AvgIpc) is 3.82. The van der Waals surface area contributed by atoms with E-state index in [1.807, 2.05) is 25.1 Å². The second kappa shape index (κ2) is 40.0. The van der Waals surface area contributed by atoms with Crippen molar-refractivity contribution in [2.75, 3.05) is 55.1 Å². The highest BCUT2D eigenvalue weighted by atomic mass is 28.4. The standard InChI is InChI=1S/C56H104O12Si/c1-11-13-14-15-16-20-23-29-34-49(63-43-58-6)53-40-41-54(67-53)52(65-45-60-8)39-38-51(64-44-59-7)50(66-46-61-42-47-31-26-25-27-32-47)37-36-48(68-69(9,10)56(3,4)5)33-28-22-19-17-18-21-24-30-35-55(57)62-12-2/h25-27,31-32,48-54H,11-24,28-30,33-46H2,1-10H3/t48-,49+,50-,51+,52-,53-,54-/m1/s1. The molecule has 0 saturated carbocycles. The summed E-state index contributed by atoms with van der Waals surface area (Å²) in [6.07, 6.45) is 25.7. The molecule has 1 aromatic carbocycles. The maximum absolute atomic E-state index is 11.7. The quantitative estimate of drug-likeness (QED) is 0.0268. The SMILES string of the molecule is CCCCCCCCCC[C@H](OCOC)[C@H]1CC[C@H]([C@@H](CC[C@H](OCOC)[C@@H](CC[C@@H](CCCCCCCCCCC(=O)OCC)O[Si](C)(C)C(C)(C)C)OCOCc2ccccc2)OCOC)O1. The average molecular weight is 998 g/mol. The van der Waals surface area contributed by atoms with E-state index in [1.54, 1.807) is 21.3 Å². The van der Waals surface area contributed by atoms with Crippen molar-refractivity contribution < 1.29 is 56.6 Å². The smallest absolute Gasteiger partial charge is 0.305 e. The molecular weight excluding hydrogens is 893 g/mol. The largest absolute Gasteiger partial charge is 0.466 e.